The molecule has 4 nitrogen and oxygen atoms in total. The molecule has 0 aliphatic rings. The zero-order chi connectivity index (χ0) is 25.6. The zero-order valence-corrected chi connectivity index (χ0v) is 22.2. The Labute approximate surface area is 215 Å². The molecule has 0 saturated carbocycles. The van der Waals surface area contributed by atoms with E-state index in [4.69, 9.17) is 0 Å². The molecular weight excluding hydrogens is 456 g/mol. The van der Waals surface area contributed by atoms with Crippen LogP contribution in [0.3, 0.4) is 0 Å². The highest BCUT2D eigenvalue weighted by molar-refractivity contribution is 7.99. The predicted octanol–water partition coefficient (Wildman–Crippen LogP) is 7.71. The van der Waals surface area contributed by atoms with Crippen molar-refractivity contribution in [3.05, 3.63) is 71.8 Å². The summed E-state index contributed by atoms with van der Waals surface area (Å²) in [6.07, 6.45) is 8.78. The molecule has 0 bridgehead atoms. The van der Waals surface area contributed by atoms with Gasteiger partial charge in [0.25, 0.3) is 0 Å². The van der Waals surface area contributed by atoms with Crippen LogP contribution in [0.4, 0.5) is 0 Å². The third-order valence-electron chi connectivity index (χ3n) is 7.06. The minimum Gasteiger partial charge on any atom is -0.481 e. The zero-order valence-electron chi connectivity index (χ0n) is 21.4. The molecule has 5 heteroatoms. The topological polar surface area (TPSA) is 74.6 Å². The highest BCUT2D eigenvalue weighted by Gasteiger charge is 2.29. The van der Waals surface area contributed by atoms with Crippen LogP contribution >= 0.6 is 11.8 Å². The molecule has 2 N–H and O–H groups in total. The number of carboxylic acid groups (broad SMARTS) is 2. The van der Waals surface area contributed by atoms with Crippen LogP contribution in [0, 0.1) is 0 Å². The second-order valence-electron chi connectivity index (χ2n) is 10.2. The standard InChI is InChI=1S/C30H42O4S/c1-29(23-27(31)32,25-15-7-3-8-16-25)19-11-5-13-21-35-22-14-6-12-20-30(2,24-28(33)34)26-17-9-4-10-18-26/h3-4,7-10,15-18H,5-6,11-14,19-24H2,1-2H3,(H,31,32)(H,33,34). The molecule has 0 aliphatic carbocycles. The Bertz CT molecular complexity index is 812. The van der Waals surface area contributed by atoms with Crippen LogP contribution < -0.4 is 0 Å². The maximum atomic E-state index is 11.4. The molecule has 0 saturated heterocycles. The number of thioether (sulfide) groups is 1. The van der Waals surface area contributed by atoms with Gasteiger partial charge in [0.15, 0.2) is 0 Å². The summed E-state index contributed by atoms with van der Waals surface area (Å²) >= 11 is 1.99. The molecule has 0 amide bonds. The van der Waals surface area contributed by atoms with Gasteiger partial charge in [0, 0.05) is 10.8 Å². The Morgan fingerprint density at radius 1 is 0.629 bits per heavy atom. The van der Waals surface area contributed by atoms with Gasteiger partial charge >= 0.3 is 11.9 Å². The lowest BCUT2D eigenvalue weighted by Gasteiger charge is -2.28. The Morgan fingerprint density at radius 3 is 1.34 bits per heavy atom. The van der Waals surface area contributed by atoms with Crippen LogP contribution in [-0.2, 0) is 20.4 Å². The van der Waals surface area contributed by atoms with Gasteiger partial charge in [-0.3, -0.25) is 9.59 Å². The van der Waals surface area contributed by atoms with E-state index in [0.717, 1.165) is 74.0 Å². The lowest BCUT2D eigenvalue weighted by molar-refractivity contribution is -0.139. The molecule has 0 heterocycles. The van der Waals surface area contributed by atoms with Crippen molar-refractivity contribution in [3.8, 4) is 0 Å². The van der Waals surface area contributed by atoms with Gasteiger partial charge in [-0.1, -0.05) is 100 Å². The summed E-state index contributed by atoms with van der Waals surface area (Å²) < 4.78 is 0. The number of carboxylic acids is 2. The quantitative estimate of drug-likeness (QED) is 0.206. The number of unbranched alkanes of at least 4 members (excludes halogenated alkanes) is 4. The van der Waals surface area contributed by atoms with E-state index in [2.05, 4.69) is 13.8 Å². The number of carbonyl (C=O) groups is 2. The monoisotopic (exact) mass is 498 g/mol. The number of aliphatic carboxylic acids is 2. The highest BCUT2D eigenvalue weighted by atomic mass is 32.2. The average Bonchev–Trinajstić information content (AvgIpc) is 2.83. The number of rotatable bonds is 18. The van der Waals surface area contributed by atoms with E-state index in [0.29, 0.717) is 0 Å². The molecular formula is C30H42O4S. The van der Waals surface area contributed by atoms with Crippen molar-refractivity contribution in [2.24, 2.45) is 0 Å². The van der Waals surface area contributed by atoms with E-state index in [9.17, 15) is 19.8 Å². The fraction of sp³-hybridized carbons (Fsp3) is 0.533. The van der Waals surface area contributed by atoms with Crippen molar-refractivity contribution < 1.29 is 19.8 Å². The Morgan fingerprint density at radius 2 is 1.00 bits per heavy atom. The number of hydrogen-bond acceptors (Lipinski definition) is 3. The van der Waals surface area contributed by atoms with Gasteiger partial charge in [-0.2, -0.15) is 11.8 Å². The van der Waals surface area contributed by atoms with E-state index in [1.807, 2.05) is 72.4 Å². The lowest BCUT2D eigenvalue weighted by Crippen LogP contribution is -2.25. The molecule has 0 spiro atoms. The highest BCUT2D eigenvalue weighted by Crippen LogP contribution is 2.34. The fourth-order valence-corrected chi connectivity index (χ4v) is 5.93. The molecule has 2 unspecified atom stereocenters. The van der Waals surface area contributed by atoms with E-state index in [1.165, 1.54) is 0 Å². The van der Waals surface area contributed by atoms with Gasteiger partial charge < -0.3 is 10.2 Å². The molecule has 0 radical (unpaired) electrons. The molecule has 192 valence electrons. The van der Waals surface area contributed by atoms with E-state index < -0.39 is 11.9 Å². The van der Waals surface area contributed by atoms with Gasteiger partial charge in [0.05, 0.1) is 12.8 Å². The first-order chi connectivity index (χ1) is 16.8. The molecule has 0 aliphatic heterocycles. The molecule has 0 fully saturated rings. The fourth-order valence-electron chi connectivity index (χ4n) is 4.91. The third-order valence-corrected chi connectivity index (χ3v) is 8.21. The second kappa shape index (κ2) is 15.0. The van der Waals surface area contributed by atoms with E-state index in [1.54, 1.807) is 0 Å². The van der Waals surface area contributed by atoms with Crippen LogP contribution in [0.25, 0.3) is 0 Å². The average molecular weight is 499 g/mol. The van der Waals surface area contributed by atoms with Gasteiger partial charge in [-0.15, -0.1) is 0 Å². The van der Waals surface area contributed by atoms with Crippen LogP contribution in [-0.4, -0.2) is 33.7 Å². The molecule has 0 aromatic heterocycles. The van der Waals surface area contributed by atoms with Crippen molar-refractivity contribution in [1.29, 1.82) is 0 Å². The largest absolute Gasteiger partial charge is 0.481 e. The van der Waals surface area contributed by atoms with Crippen molar-refractivity contribution in [1.82, 2.24) is 0 Å². The smallest absolute Gasteiger partial charge is 0.304 e. The molecule has 2 aromatic carbocycles. The minimum absolute atomic E-state index is 0.168. The van der Waals surface area contributed by atoms with Crippen LogP contribution in [0.15, 0.2) is 60.7 Å². The van der Waals surface area contributed by atoms with Gasteiger partial charge in [0.1, 0.15) is 0 Å². The van der Waals surface area contributed by atoms with Crippen LogP contribution in [0.2, 0.25) is 0 Å². The predicted molar refractivity (Wildman–Crippen MR) is 146 cm³/mol. The van der Waals surface area contributed by atoms with Crippen LogP contribution in [0.1, 0.15) is 89.2 Å². The van der Waals surface area contributed by atoms with Crippen molar-refractivity contribution in [2.75, 3.05) is 11.5 Å². The minimum atomic E-state index is -0.737. The molecule has 2 atom stereocenters. The van der Waals surface area contributed by atoms with Gasteiger partial charge in [-0.25, -0.2) is 0 Å². The van der Waals surface area contributed by atoms with Crippen molar-refractivity contribution in [2.45, 2.75) is 88.9 Å². The normalized spacial score (nSPS) is 14.7. The first kappa shape index (κ1) is 29.0. The number of hydrogen-bond donors (Lipinski definition) is 2. The Hall–Kier alpha value is -2.27. The van der Waals surface area contributed by atoms with E-state index in [-0.39, 0.29) is 23.7 Å². The summed E-state index contributed by atoms with van der Waals surface area (Å²) in [7, 11) is 0. The van der Waals surface area contributed by atoms with Gasteiger partial charge in [-0.05, 0) is 48.3 Å². The Balaban J connectivity index is 1.60. The SMILES string of the molecule is CC(CCCCCSCCCCCC(C)(CC(=O)O)c1ccccc1)(CC(=O)O)c1ccccc1. The summed E-state index contributed by atoms with van der Waals surface area (Å²) in [5, 5.41) is 18.8. The summed E-state index contributed by atoms with van der Waals surface area (Å²) in [6.45, 7) is 4.15. The molecule has 35 heavy (non-hydrogen) atoms. The Kier molecular flexibility index (Phi) is 12.4. The summed E-state index contributed by atoms with van der Waals surface area (Å²) in [6, 6.07) is 20.1. The van der Waals surface area contributed by atoms with Gasteiger partial charge in [0.2, 0.25) is 0 Å². The number of benzene rings is 2. The lowest BCUT2D eigenvalue weighted by atomic mass is 9.75. The maximum Gasteiger partial charge on any atom is 0.304 e. The van der Waals surface area contributed by atoms with Crippen LogP contribution in [0.5, 0.6) is 0 Å². The van der Waals surface area contributed by atoms with E-state index >= 15 is 0 Å². The maximum absolute atomic E-state index is 11.4. The van der Waals surface area contributed by atoms with Crippen molar-refractivity contribution in [3.63, 3.8) is 0 Å². The van der Waals surface area contributed by atoms with Crippen molar-refractivity contribution >= 4 is 23.7 Å². The molecule has 2 rings (SSSR count). The summed E-state index contributed by atoms with van der Waals surface area (Å²) in [5.41, 5.74) is 1.61. The first-order valence-corrected chi connectivity index (χ1v) is 14.0. The molecule has 2 aromatic rings. The summed E-state index contributed by atoms with van der Waals surface area (Å²) in [5.74, 6) is 0.807. The third kappa shape index (κ3) is 10.5. The first-order valence-electron chi connectivity index (χ1n) is 12.9. The second-order valence-corrected chi connectivity index (χ2v) is 11.5. The summed E-state index contributed by atoms with van der Waals surface area (Å²) in [4.78, 5) is 22.8.